The number of piperidine rings is 1. The van der Waals surface area contributed by atoms with E-state index in [0.717, 1.165) is 31.7 Å². The molecule has 1 saturated heterocycles. The van der Waals surface area contributed by atoms with Crippen molar-refractivity contribution in [1.29, 1.82) is 0 Å². The monoisotopic (exact) mass is 303 g/mol. The van der Waals surface area contributed by atoms with Crippen LogP contribution in [0.1, 0.15) is 43.9 Å². The average Bonchev–Trinajstić information content (AvgIpc) is 2.53. The first kappa shape index (κ1) is 16.9. The van der Waals surface area contributed by atoms with E-state index >= 15 is 0 Å². The van der Waals surface area contributed by atoms with Gasteiger partial charge in [-0.1, -0.05) is 6.42 Å². The first-order valence-corrected chi connectivity index (χ1v) is 8.46. The Bertz CT molecular complexity index is 483. The van der Waals surface area contributed by atoms with E-state index < -0.39 is 0 Å². The number of carbonyl (C=O) groups is 1. The fourth-order valence-corrected chi connectivity index (χ4v) is 3.01. The van der Waals surface area contributed by atoms with Gasteiger partial charge in [-0.2, -0.15) is 0 Å². The minimum Gasteiger partial charge on any atom is -0.343 e. The second kappa shape index (κ2) is 8.28. The molecule has 1 atom stereocenters. The van der Waals surface area contributed by atoms with Gasteiger partial charge in [0, 0.05) is 44.4 Å². The van der Waals surface area contributed by atoms with E-state index in [-0.39, 0.29) is 11.9 Å². The van der Waals surface area contributed by atoms with E-state index in [1.165, 1.54) is 24.8 Å². The molecule has 4 heteroatoms. The minimum atomic E-state index is 0.183. The maximum atomic E-state index is 12.4. The number of aryl methyl sites for hydroxylation is 1. The molecule has 0 spiro atoms. The van der Waals surface area contributed by atoms with Crippen LogP contribution in [0.4, 0.5) is 0 Å². The van der Waals surface area contributed by atoms with Crippen molar-refractivity contribution in [3.63, 3.8) is 0 Å². The summed E-state index contributed by atoms with van der Waals surface area (Å²) in [6, 6.07) is 4.28. The van der Waals surface area contributed by atoms with Crippen molar-refractivity contribution in [2.45, 2.75) is 52.0 Å². The van der Waals surface area contributed by atoms with Crippen LogP contribution < -0.4 is 0 Å². The molecule has 2 rings (SSSR count). The van der Waals surface area contributed by atoms with Crippen LogP contribution in [-0.2, 0) is 11.2 Å². The van der Waals surface area contributed by atoms with Gasteiger partial charge in [0.25, 0.3) is 0 Å². The van der Waals surface area contributed by atoms with Crippen LogP contribution in [0.25, 0.3) is 0 Å². The zero-order chi connectivity index (χ0) is 15.9. The Kier molecular flexibility index (Phi) is 6.37. The molecule has 0 aliphatic carbocycles. The number of carbonyl (C=O) groups excluding carboxylic acids is 1. The lowest BCUT2D eigenvalue weighted by atomic mass is 10.1. The molecule has 0 aromatic carbocycles. The molecule has 1 aliphatic rings. The van der Waals surface area contributed by atoms with Crippen LogP contribution in [0.15, 0.2) is 18.3 Å². The largest absolute Gasteiger partial charge is 0.343 e. The third kappa shape index (κ3) is 5.09. The summed E-state index contributed by atoms with van der Waals surface area (Å²) in [6.45, 7) is 7.38. The van der Waals surface area contributed by atoms with E-state index in [9.17, 15) is 4.79 Å². The van der Waals surface area contributed by atoms with Crippen LogP contribution in [0.3, 0.4) is 0 Å². The zero-order valence-corrected chi connectivity index (χ0v) is 14.2. The number of amides is 1. The number of pyridine rings is 1. The Balaban J connectivity index is 1.78. The van der Waals surface area contributed by atoms with Gasteiger partial charge in [0.15, 0.2) is 0 Å². The maximum absolute atomic E-state index is 12.4. The quantitative estimate of drug-likeness (QED) is 0.810. The molecule has 1 unspecified atom stereocenters. The molecule has 0 bridgehead atoms. The van der Waals surface area contributed by atoms with Gasteiger partial charge in [-0.15, -0.1) is 0 Å². The summed E-state index contributed by atoms with van der Waals surface area (Å²) < 4.78 is 0. The highest BCUT2D eigenvalue weighted by Crippen LogP contribution is 2.11. The molecule has 1 fully saturated rings. The predicted octanol–water partition coefficient (Wildman–Crippen LogP) is 2.66. The molecule has 22 heavy (non-hydrogen) atoms. The van der Waals surface area contributed by atoms with Crippen LogP contribution in [0.2, 0.25) is 0 Å². The molecular weight excluding hydrogens is 274 g/mol. The van der Waals surface area contributed by atoms with Gasteiger partial charge in [-0.25, -0.2) is 0 Å². The summed E-state index contributed by atoms with van der Waals surface area (Å²) in [6.07, 6.45) is 7.18. The Morgan fingerprint density at radius 3 is 2.77 bits per heavy atom. The number of nitrogens with zero attached hydrogens (tertiary/aromatic N) is 3. The van der Waals surface area contributed by atoms with Crippen molar-refractivity contribution in [2.75, 3.05) is 26.7 Å². The highest BCUT2D eigenvalue weighted by Gasteiger charge is 2.18. The number of hydrogen-bond donors (Lipinski definition) is 0. The Morgan fingerprint density at radius 2 is 2.09 bits per heavy atom. The molecule has 4 nitrogen and oxygen atoms in total. The molecule has 1 aromatic heterocycles. The highest BCUT2D eigenvalue weighted by atomic mass is 16.2. The van der Waals surface area contributed by atoms with E-state index in [2.05, 4.69) is 29.8 Å². The summed E-state index contributed by atoms with van der Waals surface area (Å²) in [5, 5.41) is 0. The Hall–Kier alpha value is -1.42. The van der Waals surface area contributed by atoms with Gasteiger partial charge in [0.05, 0.1) is 0 Å². The first-order valence-electron chi connectivity index (χ1n) is 8.46. The second-order valence-electron chi connectivity index (χ2n) is 6.53. The fourth-order valence-electron chi connectivity index (χ4n) is 3.01. The molecule has 0 N–H and O–H groups in total. The van der Waals surface area contributed by atoms with E-state index in [0.29, 0.717) is 6.42 Å². The van der Waals surface area contributed by atoms with Crippen molar-refractivity contribution in [3.05, 3.63) is 29.6 Å². The SMILES string of the molecule is Cc1ccnc(CC(C)N(C)C(=O)CCN2CCCCC2)c1. The summed E-state index contributed by atoms with van der Waals surface area (Å²) in [5.41, 5.74) is 2.28. The Labute approximate surface area is 134 Å². The van der Waals surface area contributed by atoms with Crippen LogP contribution in [-0.4, -0.2) is 53.4 Å². The number of rotatable bonds is 6. The molecule has 1 aliphatic heterocycles. The van der Waals surface area contributed by atoms with Gasteiger partial charge in [0.1, 0.15) is 0 Å². The van der Waals surface area contributed by atoms with Crippen molar-refractivity contribution >= 4 is 5.91 Å². The van der Waals surface area contributed by atoms with Crippen LogP contribution in [0.5, 0.6) is 0 Å². The van der Waals surface area contributed by atoms with Crippen molar-refractivity contribution in [1.82, 2.24) is 14.8 Å². The number of aromatic nitrogens is 1. The normalized spacial score (nSPS) is 17.2. The van der Waals surface area contributed by atoms with Crippen LogP contribution >= 0.6 is 0 Å². The highest BCUT2D eigenvalue weighted by molar-refractivity contribution is 5.76. The minimum absolute atomic E-state index is 0.183. The lowest BCUT2D eigenvalue weighted by molar-refractivity contribution is -0.132. The molecule has 1 amide bonds. The van der Waals surface area contributed by atoms with Gasteiger partial charge >= 0.3 is 0 Å². The standard InChI is InChI=1S/C18H29N3O/c1-15-7-9-19-17(13-15)14-16(2)20(3)18(22)8-12-21-10-5-4-6-11-21/h7,9,13,16H,4-6,8,10-12,14H2,1-3H3. The number of hydrogen-bond acceptors (Lipinski definition) is 3. The third-order valence-electron chi connectivity index (χ3n) is 4.62. The van der Waals surface area contributed by atoms with Crippen LogP contribution in [0, 0.1) is 6.92 Å². The lowest BCUT2D eigenvalue weighted by Gasteiger charge is -2.29. The molecule has 0 saturated carbocycles. The third-order valence-corrected chi connectivity index (χ3v) is 4.62. The smallest absolute Gasteiger partial charge is 0.223 e. The van der Waals surface area contributed by atoms with E-state index in [4.69, 9.17) is 0 Å². The molecular formula is C18H29N3O. The number of likely N-dealkylation sites (tertiary alicyclic amines) is 1. The van der Waals surface area contributed by atoms with E-state index in [1.54, 1.807) is 0 Å². The topological polar surface area (TPSA) is 36.4 Å². The summed E-state index contributed by atoms with van der Waals surface area (Å²) >= 11 is 0. The molecule has 1 aromatic rings. The molecule has 122 valence electrons. The molecule has 2 heterocycles. The summed E-state index contributed by atoms with van der Waals surface area (Å²) in [5.74, 6) is 0.241. The van der Waals surface area contributed by atoms with Crippen molar-refractivity contribution in [2.24, 2.45) is 0 Å². The Morgan fingerprint density at radius 1 is 1.36 bits per heavy atom. The summed E-state index contributed by atoms with van der Waals surface area (Å²) in [4.78, 5) is 21.1. The maximum Gasteiger partial charge on any atom is 0.223 e. The van der Waals surface area contributed by atoms with Gasteiger partial charge in [-0.3, -0.25) is 9.78 Å². The van der Waals surface area contributed by atoms with Crippen molar-refractivity contribution in [3.8, 4) is 0 Å². The van der Waals surface area contributed by atoms with Gasteiger partial charge in [0.2, 0.25) is 5.91 Å². The van der Waals surface area contributed by atoms with Gasteiger partial charge < -0.3 is 9.80 Å². The summed E-state index contributed by atoms with van der Waals surface area (Å²) in [7, 11) is 1.92. The predicted molar refractivity (Wildman–Crippen MR) is 89.8 cm³/mol. The lowest BCUT2D eigenvalue weighted by Crippen LogP contribution is -2.39. The van der Waals surface area contributed by atoms with Crippen molar-refractivity contribution < 1.29 is 4.79 Å². The van der Waals surface area contributed by atoms with E-state index in [1.807, 2.05) is 24.2 Å². The first-order chi connectivity index (χ1) is 10.6. The zero-order valence-electron chi connectivity index (χ0n) is 14.2. The van der Waals surface area contributed by atoms with Gasteiger partial charge in [-0.05, 0) is 57.5 Å². The number of likely N-dealkylation sites (N-methyl/N-ethyl adjacent to an activating group) is 1. The second-order valence-corrected chi connectivity index (χ2v) is 6.53. The average molecular weight is 303 g/mol. The molecule has 0 radical (unpaired) electrons. The fraction of sp³-hybridized carbons (Fsp3) is 0.667.